The summed E-state index contributed by atoms with van der Waals surface area (Å²) in [5.74, 6) is -9.59. The summed E-state index contributed by atoms with van der Waals surface area (Å²) in [4.78, 5) is 100. The number of aryl methyl sites for hydroxylation is 3. The van der Waals surface area contributed by atoms with E-state index in [4.69, 9.17) is 36.7 Å². The zero-order valence-corrected chi connectivity index (χ0v) is 85.8. The van der Waals surface area contributed by atoms with Gasteiger partial charge >= 0.3 is 18.3 Å². The van der Waals surface area contributed by atoms with Crippen LogP contribution in [0.4, 0.5) is 40.7 Å². The molecule has 1 heterocycles. The number of halogens is 6. The molecule has 0 saturated heterocycles. The first-order valence-corrected chi connectivity index (χ1v) is 53.7. The number of nitriles is 1. The van der Waals surface area contributed by atoms with Crippen molar-refractivity contribution in [3.8, 4) is 6.07 Å². The highest BCUT2D eigenvalue weighted by molar-refractivity contribution is 7.92. The minimum Gasteiger partial charge on any atom is -0.448 e. The largest absolute Gasteiger partial charge is 0.448 e. The molecule has 0 fully saturated rings. The summed E-state index contributed by atoms with van der Waals surface area (Å²) in [6, 6.07) is 28.3. The molecule has 1 aromatic heterocycles. The number of rotatable bonds is 58. The fourth-order valence-electron chi connectivity index (χ4n) is 16.2. The number of nitrogens with zero attached hydrogens (tertiary/aromatic N) is 5. The summed E-state index contributed by atoms with van der Waals surface area (Å²) >= 11 is 0. The minimum atomic E-state index is -3.92. The van der Waals surface area contributed by atoms with Crippen LogP contribution in [-0.4, -0.2) is 229 Å². The fraction of sp³-hybridized carbons (Fsp3) is 0.524. The lowest BCUT2D eigenvalue weighted by Gasteiger charge is -2.32. The summed E-state index contributed by atoms with van der Waals surface area (Å²) in [6.45, 7) is 16.5. The number of pyridine rings is 1. The van der Waals surface area contributed by atoms with E-state index in [9.17, 15) is 100 Å². The number of hydrogen-bond acceptors (Lipinski definition) is 24. The number of benzene rings is 6. The van der Waals surface area contributed by atoms with Gasteiger partial charge in [0.2, 0.25) is 23.6 Å². The van der Waals surface area contributed by atoms with E-state index in [1.165, 1.54) is 27.8 Å². The number of nitrogens with one attached hydrogen (secondary N) is 4. The average Bonchev–Trinajstić information content (AvgIpc) is 0.822. The molecule has 0 aliphatic rings. The van der Waals surface area contributed by atoms with Crippen molar-refractivity contribution < 1.29 is 115 Å². The van der Waals surface area contributed by atoms with Crippen molar-refractivity contribution in [3.05, 3.63) is 242 Å². The number of aromatic nitrogens is 1. The minimum absolute atomic E-state index is 0.00786. The topological polar surface area (TPSA) is 483 Å². The maximum Gasteiger partial charge on any atom is 0.408 e. The molecule has 0 radical (unpaired) electrons. The second-order valence-electron chi connectivity index (χ2n) is 35.6. The smallest absolute Gasteiger partial charge is 0.408 e. The van der Waals surface area contributed by atoms with Crippen LogP contribution in [0, 0.1) is 46.2 Å². The maximum atomic E-state index is 14.4. The van der Waals surface area contributed by atoms with Crippen molar-refractivity contribution >= 4 is 71.4 Å². The van der Waals surface area contributed by atoms with Crippen molar-refractivity contribution in [2.75, 3.05) is 56.7 Å². The highest BCUT2D eigenvalue weighted by atomic mass is 32.2. The Balaban J connectivity index is 0.000000378. The Labute approximate surface area is 837 Å². The Kier molecular flexibility index (Phi) is 54.0. The number of carbonyl (C=O) groups is 7. The van der Waals surface area contributed by atoms with Gasteiger partial charge in [0.15, 0.2) is 29.5 Å². The Morgan fingerprint density at radius 2 is 0.678 bits per heavy atom. The molecule has 0 unspecified atom stereocenters. The normalized spacial score (nSPS) is 13.5. The summed E-state index contributed by atoms with van der Waals surface area (Å²) < 4.78 is 180. The van der Waals surface area contributed by atoms with Gasteiger partial charge in [-0.05, 0) is 170 Å². The number of amides is 7. The number of ether oxygens (including phenoxy) is 3. The summed E-state index contributed by atoms with van der Waals surface area (Å²) in [6.07, 6.45) is 3.42. The van der Waals surface area contributed by atoms with Crippen molar-refractivity contribution in [1.82, 2.24) is 41.0 Å². The lowest BCUT2D eigenvalue weighted by molar-refractivity contribution is -0.135. The zero-order chi connectivity index (χ0) is 106. The van der Waals surface area contributed by atoms with Crippen LogP contribution in [0.3, 0.4) is 0 Å². The summed E-state index contributed by atoms with van der Waals surface area (Å²) in [5.41, 5.74) is 25.0. The van der Waals surface area contributed by atoms with Crippen LogP contribution in [-0.2, 0) is 128 Å². The van der Waals surface area contributed by atoms with Crippen molar-refractivity contribution in [3.63, 3.8) is 0 Å². The molecule has 40 heteroatoms. The molecule has 0 saturated carbocycles. The zero-order valence-electron chi connectivity index (χ0n) is 83.3. The fourth-order valence-corrected chi connectivity index (χ4v) is 22.6. The molecule has 6 aromatic carbocycles. The highest BCUT2D eigenvalue weighted by Crippen LogP contribution is 2.26. The molecular formula is C103H144F6N12O19S3. The third-order valence-electron chi connectivity index (χ3n) is 23.5. The monoisotopic (exact) mass is 2060 g/mol. The van der Waals surface area contributed by atoms with Gasteiger partial charge in [0.25, 0.3) is 0 Å². The SMILES string of the molecule is CCCC(CCC)S(=O)(=O)C[C@@H](NC(=O)OCCC#N)C(=O)N(Cc1cccc(CC)c1)C[C@@H](O)[C@@H](N)Cc1cc(F)cc(F)c1.CCCC(CCC)S(=O)(=O)C[C@@H](NC(=O)OCCNC(C)=O)C(=O)N(Cc1cccc(CC)c1)C[C@@H](O)[C@@H](N)Cc1cc(F)cc(F)c1.CCCC(CCC)S(=O)(=O)C[C@@H](NC(=O)OCc1cccnc1)C(=O)N(Cc1cccc(CC)c1)C[C@@H](O)[C@@H](N)Cc1cc(F)cc(F)c1. The van der Waals surface area contributed by atoms with Gasteiger partial charge in [0.1, 0.15) is 72.8 Å². The van der Waals surface area contributed by atoms with Crippen LogP contribution in [0.5, 0.6) is 0 Å². The Hall–Kier alpha value is -11.2. The molecular weight excluding hydrogens is 1920 g/mol. The molecule has 31 nitrogen and oxygen atoms in total. The number of sulfone groups is 3. The summed E-state index contributed by atoms with van der Waals surface area (Å²) in [7, 11) is -11.7. The van der Waals surface area contributed by atoms with E-state index in [0.717, 1.165) is 65.6 Å². The summed E-state index contributed by atoms with van der Waals surface area (Å²) in [5, 5.41) is 49.8. The van der Waals surface area contributed by atoms with Crippen LogP contribution in [0.2, 0.25) is 0 Å². The number of aliphatic hydroxyl groups is 3. The van der Waals surface area contributed by atoms with Crippen molar-refractivity contribution in [1.29, 1.82) is 5.26 Å². The molecule has 9 atom stereocenters. The Morgan fingerprint density at radius 1 is 0.399 bits per heavy atom. The van der Waals surface area contributed by atoms with E-state index < -0.39 is 188 Å². The first-order valence-electron chi connectivity index (χ1n) is 48.6. The van der Waals surface area contributed by atoms with Gasteiger partial charge in [-0.15, -0.1) is 0 Å². The van der Waals surface area contributed by atoms with Crippen molar-refractivity contribution in [2.24, 2.45) is 17.2 Å². The first kappa shape index (κ1) is 122. The molecule has 0 aliphatic heterocycles. The van der Waals surface area contributed by atoms with Crippen molar-refractivity contribution in [2.45, 2.75) is 288 Å². The average molecular weight is 2060 g/mol. The third kappa shape index (κ3) is 44.5. The van der Waals surface area contributed by atoms with Crippen LogP contribution >= 0.6 is 0 Å². The third-order valence-corrected chi connectivity index (χ3v) is 30.4. The van der Waals surface area contributed by atoms with Gasteiger partial charge in [-0.1, -0.05) is 180 Å². The van der Waals surface area contributed by atoms with Gasteiger partial charge < -0.3 is 82.7 Å². The molecule has 0 bridgehead atoms. The Morgan fingerprint density at radius 3 is 0.944 bits per heavy atom. The van der Waals surface area contributed by atoms with E-state index >= 15 is 0 Å². The molecule has 0 aliphatic carbocycles. The van der Waals surface area contributed by atoms with Gasteiger partial charge in [0.05, 0.1) is 70.4 Å². The van der Waals surface area contributed by atoms with Gasteiger partial charge in [0, 0.05) is 100 Å². The molecule has 13 N–H and O–H groups in total. The number of nitrogens with two attached hydrogens (primary N) is 3. The van der Waals surface area contributed by atoms with E-state index in [0.29, 0.717) is 124 Å². The maximum absolute atomic E-state index is 14.4. The number of aliphatic hydroxyl groups excluding tert-OH is 3. The van der Waals surface area contributed by atoms with Gasteiger partial charge in [-0.2, -0.15) is 5.26 Å². The van der Waals surface area contributed by atoms with Gasteiger partial charge in [-0.25, -0.2) is 66.0 Å². The predicted octanol–water partition coefficient (Wildman–Crippen LogP) is 12.4. The van der Waals surface area contributed by atoms with Crippen LogP contribution < -0.4 is 38.5 Å². The van der Waals surface area contributed by atoms with E-state index in [2.05, 4.69) is 26.3 Å². The number of carbonyl (C=O) groups excluding carboxylic acids is 7. The number of hydrogen-bond donors (Lipinski definition) is 10. The van der Waals surface area contributed by atoms with Gasteiger partial charge in [-0.3, -0.25) is 24.2 Å². The lowest BCUT2D eigenvalue weighted by atomic mass is 10.0. The van der Waals surface area contributed by atoms with E-state index in [1.54, 1.807) is 36.5 Å². The standard InChI is InChI=1S/C36H48F2N4O6S.C34H50F2N4O7S.C33H46F2N4O6S/c1-4-9-31(10-5-2)49(46,47)24-33(41-36(45)48-23-27-13-8-14-40-20-27)35(44)42(21-26-12-7-11-25(6-3)15-26)22-34(43)32(39)18-28-16-29(37)19-30(38)17-28;1-5-9-29(10-6-2)48(45,46)22-31(39-34(44)47-14-13-38-23(4)41)33(43)40(20-25-12-8-11-24(7-3)15-25)21-32(42)30(37)18-26-16-27(35)19-28(36)17-26;1-4-9-28(10-5-2)46(43,44)22-30(38-33(42)45-14-8-13-36)32(41)39(20-24-12-7-11-23(6-3)15-24)21-31(40)29(37)18-25-16-26(34)19-27(35)17-25/h7-8,11-17,19-20,31-34,43H,4-6,9-10,18,21-24,39H2,1-3H3,(H,41,45);8,11-12,15-17,19,29-32,42H,5-7,9-10,13-14,18,20-22,37H2,1-4H3,(H,38,41)(H,39,44);7,11-12,15-17,19,28-31,40H,4-6,8-10,14,18,20-22,37H2,1-3H3,(H,38,42)/t32-,33+,34+;30-,31+,32+;29-,30+,31+/m000/s1. The molecule has 0 spiro atoms. The highest BCUT2D eigenvalue weighted by Gasteiger charge is 2.41. The first-order chi connectivity index (χ1) is 67.8. The van der Waals surface area contributed by atoms with E-state index in [-0.39, 0.29) is 114 Å². The molecule has 7 rings (SSSR count). The molecule has 790 valence electrons. The molecule has 7 amide bonds. The lowest BCUT2D eigenvalue weighted by Crippen LogP contribution is -2.55. The predicted molar refractivity (Wildman–Crippen MR) is 535 cm³/mol. The van der Waals surface area contributed by atoms with Crippen LogP contribution in [0.1, 0.15) is 208 Å². The van der Waals surface area contributed by atoms with Crippen LogP contribution in [0.25, 0.3) is 0 Å². The van der Waals surface area contributed by atoms with Crippen LogP contribution in [0.15, 0.2) is 152 Å². The second kappa shape index (κ2) is 63.2. The molecule has 7 aromatic rings. The van der Waals surface area contributed by atoms with E-state index in [1.807, 2.05) is 123 Å². The molecule has 143 heavy (non-hydrogen) atoms. The number of alkyl carbamates (subject to hydrolysis) is 3. The second-order valence-corrected chi connectivity index (χ2v) is 42.6. The quantitative estimate of drug-likeness (QED) is 0.00961. The Bertz CT molecular complexity index is 5490.